The van der Waals surface area contributed by atoms with Crippen LogP contribution in [-0.4, -0.2) is 86.8 Å². The summed E-state index contributed by atoms with van der Waals surface area (Å²) >= 11 is 0. The number of hydrogen-bond acceptors (Lipinski definition) is 8. The van der Waals surface area contributed by atoms with E-state index in [-0.39, 0.29) is 36.2 Å². The number of likely N-dealkylation sites (N-methyl/N-ethyl adjacent to an activating group) is 1. The number of fused-ring (bicyclic) bond motifs is 5. The molecular weight excluding hydrogens is 524 g/mol. The van der Waals surface area contributed by atoms with Crippen LogP contribution >= 0.6 is 0 Å². The molecule has 3 atom stereocenters. The lowest BCUT2D eigenvalue weighted by Gasteiger charge is -2.25. The normalized spacial score (nSPS) is 19.4. The van der Waals surface area contributed by atoms with Crippen molar-refractivity contribution in [1.82, 2.24) is 31.9 Å². The van der Waals surface area contributed by atoms with Crippen molar-refractivity contribution in [2.45, 2.75) is 56.7 Å². The molecule has 1 heterocycles. The highest BCUT2D eigenvalue weighted by Gasteiger charge is 2.30. The average Bonchev–Trinajstić information content (AvgIpc) is 2.96. The summed E-state index contributed by atoms with van der Waals surface area (Å²) in [5.41, 5.74) is 2.60. The third kappa shape index (κ3) is 9.17. The molecule has 0 spiro atoms. The lowest BCUT2D eigenvalue weighted by Crippen LogP contribution is -2.57. The number of benzene rings is 2. The molecule has 1 aliphatic heterocycles. The Morgan fingerprint density at radius 1 is 0.805 bits per heavy atom. The zero-order chi connectivity index (χ0) is 29.8. The van der Waals surface area contributed by atoms with Crippen LogP contribution in [0.15, 0.2) is 36.4 Å². The van der Waals surface area contributed by atoms with Gasteiger partial charge in [0.2, 0.25) is 17.7 Å². The van der Waals surface area contributed by atoms with Crippen LogP contribution in [-0.2, 0) is 27.2 Å². The van der Waals surface area contributed by atoms with Gasteiger partial charge in [0.1, 0.15) is 23.6 Å². The number of nitrogens with one attached hydrogen (secondary N) is 6. The van der Waals surface area contributed by atoms with Crippen LogP contribution in [0.3, 0.4) is 0 Å². The van der Waals surface area contributed by atoms with Crippen molar-refractivity contribution in [3.8, 4) is 22.6 Å². The predicted octanol–water partition coefficient (Wildman–Crippen LogP) is 0.536. The molecule has 0 aliphatic carbocycles. The van der Waals surface area contributed by atoms with Crippen LogP contribution in [0.4, 0.5) is 0 Å². The highest BCUT2D eigenvalue weighted by atomic mass is 16.3. The molecule has 11 nitrogen and oxygen atoms in total. The molecule has 3 amide bonds. The smallest absolute Gasteiger partial charge is 0.243 e. The summed E-state index contributed by atoms with van der Waals surface area (Å²) in [4.78, 5) is 40.3. The second kappa shape index (κ2) is 15.9. The zero-order valence-corrected chi connectivity index (χ0v) is 24.2. The Morgan fingerprint density at radius 2 is 1.39 bits per heavy atom. The van der Waals surface area contributed by atoms with E-state index in [2.05, 4.69) is 31.9 Å². The van der Waals surface area contributed by atoms with Gasteiger partial charge in [0.15, 0.2) is 0 Å². The topological polar surface area (TPSA) is 164 Å². The molecular formula is C30H44N6O5. The second-order valence-electron chi connectivity index (χ2n) is 10.4. The third-order valence-corrected chi connectivity index (χ3v) is 7.34. The van der Waals surface area contributed by atoms with Gasteiger partial charge in [-0.3, -0.25) is 14.4 Å². The fourth-order valence-corrected chi connectivity index (χ4v) is 4.89. The lowest BCUT2D eigenvalue weighted by atomic mass is 9.95. The van der Waals surface area contributed by atoms with Gasteiger partial charge >= 0.3 is 0 Å². The number of phenols is 2. The van der Waals surface area contributed by atoms with E-state index in [4.69, 9.17) is 0 Å². The molecule has 3 rings (SSSR count). The summed E-state index contributed by atoms with van der Waals surface area (Å²) in [5, 5.41) is 39.0. The highest BCUT2D eigenvalue weighted by Crippen LogP contribution is 2.31. The lowest BCUT2D eigenvalue weighted by molar-refractivity contribution is -0.132. The number of amides is 3. The van der Waals surface area contributed by atoms with Crippen molar-refractivity contribution in [2.24, 2.45) is 0 Å². The van der Waals surface area contributed by atoms with E-state index < -0.39 is 24.0 Å². The van der Waals surface area contributed by atoms with Crippen molar-refractivity contribution in [3.63, 3.8) is 0 Å². The molecule has 41 heavy (non-hydrogen) atoms. The molecule has 0 aromatic heterocycles. The number of aromatic hydroxyl groups is 2. The number of carbonyl (C=O) groups is 3. The third-order valence-electron chi connectivity index (χ3n) is 7.34. The SMILES string of the molecule is CNCCCCNC(=O)[C@@H]1Cc2cc(ccc2O)-c2ccc(O)c(c2)C[C@H](NC)C(=O)N[C@@H](CCCNC)C(=O)N1. The van der Waals surface area contributed by atoms with Gasteiger partial charge in [-0.1, -0.05) is 12.1 Å². The minimum absolute atomic E-state index is 0.00672. The van der Waals surface area contributed by atoms with Crippen molar-refractivity contribution in [1.29, 1.82) is 0 Å². The summed E-state index contributed by atoms with van der Waals surface area (Å²) in [6.45, 7) is 1.92. The van der Waals surface area contributed by atoms with Crippen LogP contribution in [0.25, 0.3) is 11.1 Å². The van der Waals surface area contributed by atoms with Crippen molar-refractivity contribution < 1.29 is 24.6 Å². The first-order chi connectivity index (χ1) is 19.8. The molecule has 224 valence electrons. The van der Waals surface area contributed by atoms with Crippen molar-refractivity contribution in [2.75, 3.05) is 40.8 Å². The minimum atomic E-state index is -0.975. The standard InChI is InChI=1S/C30H44N6O5/c1-31-12-4-5-14-34-28(39)25-18-22-16-20(9-11-27(22)38)19-8-10-26(37)21(15-19)17-24(33-3)30(41)35-23(29(40)36-25)7-6-13-32-2/h8-11,15-16,23-25,31-33,37-38H,4-7,12-14,17-18H2,1-3H3,(H,34,39)(H,35,41)(H,36,40)/t23-,24-,25-/m0/s1. The first-order valence-electron chi connectivity index (χ1n) is 14.3. The van der Waals surface area contributed by atoms with Gasteiger partial charge in [-0.25, -0.2) is 0 Å². The Balaban J connectivity index is 2.01. The fraction of sp³-hybridized carbons (Fsp3) is 0.500. The largest absolute Gasteiger partial charge is 0.508 e. The number of rotatable bonds is 11. The summed E-state index contributed by atoms with van der Waals surface area (Å²) in [7, 11) is 5.33. The quantitative estimate of drug-likeness (QED) is 0.182. The number of carbonyl (C=O) groups excluding carboxylic acids is 3. The summed E-state index contributed by atoms with van der Waals surface area (Å²) in [6.07, 6.45) is 2.87. The van der Waals surface area contributed by atoms with E-state index in [1.807, 2.05) is 20.2 Å². The zero-order valence-electron chi connectivity index (χ0n) is 24.2. The minimum Gasteiger partial charge on any atom is -0.508 e. The molecule has 8 N–H and O–H groups in total. The Morgan fingerprint density at radius 3 is 2.00 bits per heavy atom. The molecule has 0 saturated heterocycles. The Kier molecular flexibility index (Phi) is 12.4. The molecule has 0 radical (unpaired) electrons. The monoisotopic (exact) mass is 568 g/mol. The average molecular weight is 569 g/mol. The van der Waals surface area contributed by atoms with E-state index in [1.165, 1.54) is 0 Å². The van der Waals surface area contributed by atoms with Gasteiger partial charge in [0.25, 0.3) is 0 Å². The Bertz CT molecular complexity index is 1190. The van der Waals surface area contributed by atoms with Crippen LogP contribution in [0.1, 0.15) is 36.8 Å². The van der Waals surface area contributed by atoms with E-state index in [1.54, 1.807) is 37.4 Å². The summed E-state index contributed by atoms with van der Waals surface area (Å²) in [6, 6.07) is 7.67. The number of unbranched alkanes of at least 4 members (excludes halogenated alkanes) is 1. The van der Waals surface area contributed by atoms with E-state index in [0.29, 0.717) is 37.1 Å². The molecule has 11 heteroatoms. The Labute approximate surface area is 241 Å². The molecule has 0 saturated carbocycles. The van der Waals surface area contributed by atoms with E-state index in [0.717, 1.165) is 30.5 Å². The van der Waals surface area contributed by atoms with Gasteiger partial charge < -0.3 is 42.1 Å². The van der Waals surface area contributed by atoms with Gasteiger partial charge in [0, 0.05) is 19.4 Å². The van der Waals surface area contributed by atoms with E-state index >= 15 is 0 Å². The molecule has 2 aromatic carbocycles. The Hall–Kier alpha value is -3.67. The molecule has 0 unspecified atom stereocenters. The van der Waals surface area contributed by atoms with Gasteiger partial charge in [-0.2, -0.15) is 0 Å². The van der Waals surface area contributed by atoms with Crippen LogP contribution < -0.4 is 31.9 Å². The predicted molar refractivity (Wildman–Crippen MR) is 159 cm³/mol. The first-order valence-corrected chi connectivity index (χ1v) is 14.3. The second-order valence-corrected chi connectivity index (χ2v) is 10.4. The number of phenolic OH excluding ortho intramolecular Hbond substituents is 2. The molecule has 4 bridgehead atoms. The van der Waals surface area contributed by atoms with Crippen molar-refractivity contribution in [3.05, 3.63) is 47.5 Å². The maximum atomic E-state index is 13.6. The van der Waals surface area contributed by atoms with E-state index in [9.17, 15) is 24.6 Å². The van der Waals surface area contributed by atoms with Gasteiger partial charge in [-0.15, -0.1) is 0 Å². The fourth-order valence-electron chi connectivity index (χ4n) is 4.89. The van der Waals surface area contributed by atoms with Gasteiger partial charge in [0.05, 0.1) is 6.04 Å². The molecule has 2 aromatic rings. The summed E-state index contributed by atoms with van der Waals surface area (Å²) in [5.74, 6) is -1.17. The maximum absolute atomic E-state index is 13.6. The summed E-state index contributed by atoms with van der Waals surface area (Å²) < 4.78 is 0. The van der Waals surface area contributed by atoms with Crippen LogP contribution in [0, 0.1) is 0 Å². The maximum Gasteiger partial charge on any atom is 0.243 e. The van der Waals surface area contributed by atoms with Gasteiger partial charge in [-0.05, 0) is 106 Å². The number of hydrogen-bond donors (Lipinski definition) is 8. The van der Waals surface area contributed by atoms with Crippen molar-refractivity contribution >= 4 is 17.7 Å². The molecule has 0 fully saturated rings. The first kappa shape index (κ1) is 31.9. The van der Waals surface area contributed by atoms with Crippen LogP contribution in [0.2, 0.25) is 0 Å². The van der Waals surface area contributed by atoms with Crippen LogP contribution in [0.5, 0.6) is 11.5 Å². The highest BCUT2D eigenvalue weighted by molar-refractivity contribution is 5.93. The molecule has 1 aliphatic rings.